The van der Waals surface area contributed by atoms with Gasteiger partial charge in [-0.15, -0.1) is 0 Å². The molecule has 0 unspecified atom stereocenters. The molecule has 0 atom stereocenters. The number of rotatable bonds is 8. The number of aromatic nitrogens is 2. The van der Waals surface area contributed by atoms with E-state index in [1.807, 2.05) is 36.7 Å². The molecule has 12 heteroatoms. The number of primary amides is 1. The lowest BCUT2D eigenvalue weighted by Crippen LogP contribution is -2.48. The molecule has 2 aliphatic heterocycles. The van der Waals surface area contributed by atoms with Gasteiger partial charge in [-0.25, -0.2) is 0 Å². The highest BCUT2D eigenvalue weighted by molar-refractivity contribution is 5.86. The van der Waals surface area contributed by atoms with Crippen LogP contribution in [0.3, 0.4) is 0 Å². The van der Waals surface area contributed by atoms with Gasteiger partial charge in [0.1, 0.15) is 6.54 Å². The van der Waals surface area contributed by atoms with Crippen LogP contribution in [0.4, 0.5) is 0 Å². The molecule has 6 rings (SSSR count). The van der Waals surface area contributed by atoms with Gasteiger partial charge in [0.05, 0.1) is 36.1 Å². The second kappa shape index (κ2) is 14.5. The first-order valence-corrected chi connectivity index (χ1v) is 17.4. The molecule has 2 N–H and O–H groups in total. The van der Waals surface area contributed by atoms with Gasteiger partial charge >= 0.3 is 5.97 Å². The maximum atomic E-state index is 12.4. The molecule has 266 valence electrons. The van der Waals surface area contributed by atoms with Gasteiger partial charge in [0.15, 0.2) is 0 Å². The topological polar surface area (TPSA) is 142 Å². The number of carbonyl (C=O) groups excluding carboxylic acids is 4. The maximum absolute atomic E-state index is 12.4. The van der Waals surface area contributed by atoms with E-state index in [-0.39, 0.29) is 52.8 Å². The van der Waals surface area contributed by atoms with E-state index >= 15 is 0 Å². The van der Waals surface area contributed by atoms with Crippen LogP contribution in [0, 0.1) is 10.8 Å². The van der Waals surface area contributed by atoms with E-state index in [0.717, 1.165) is 62.8 Å². The first-order chi connectivity index (χ1) is 23.3. The number of hydrogen-bond donors (Lipinski definition) is 1. The predicted octanol–water partition coefficient (Wildman–Crippen LogP) is 2.92. The van der Waals surface area contributed by atoms with Crippen molar-refractivity contribution in [3.8, 4) is 0 Å². The fourth-order valence-corrected chi connectivity index (χ4v) is 8.86. The second-order valence-corrected chi connectivity index (χ2v) is 15.2. The first-order valence-electron chi connectivity index (χ1n) is 17.4. The van der Waals surface area contributed by atoms with Crippen molar-refractivity contribution in [1.82, 2.24) is 29.6 Å². The summed E-state index contributed by atoms with van der Waals surface area (Å²) < 4.78 is 4.71. The summed E-state index contributed by atoms with van der Waals surface area (Å²) in [6.07, 6.45) is 12.5. The molecule has 2 spiro atoms. The van der Waals surface area contributed by atoms with Crippen LogP contribution in [0.2, 0.25) is 0 Å². The minimum atomic E-state index is -0.438. The number of esters is 1. The Hall–Kier alpha value is -3.90. The summed E-state index contributed by atoms with van der Waals surface area (Å²) in [7, 11) is 9.78. The number of carbonyl (C=O) groups is 4. The number of amides is 3. The van der Waals surface area contributed by atoms with Gasteiger partial charge < -0.3 is 20.3 Å². The average molecular weight is 676 g/mol. The van der Waals surface area contributed by atoms with Crippen molar-refractivity contribution in [2.75, 3.05) is 61.5 Å². The Balaban J connectivity index is 0.000000191. The van der Waals surface area contributed by atoms with Gasteiger partial charge in [-0.05, 0) is 115 Å². The highest BCUT2D eigenvalue weighted by Crippen LogP contribution is 2.53. The lowest BCUT2D eigenvalue weighted by atomic mass is 9.65. The third kappa shape index (κ3) is 7.50. The molecule has 2 saturated heterocycles. The number of nitrogens with two attached hydrogens (primary N) is 1. The Morgan fingerprint density at radius 3 is 1.45 bits per heavy atom. The lowest BCUT2D eigenvalue weighted by molar-refractivity contribution is -0.145. The number of hydrogen-bond acceptors (Lipinski definition) is 9. The summed E-state index contributed by atoms with van der Waals surface area (Å²) >= 11 is 0. The van der Waals surface area contributed by atoms with E-state index in [9.17, 15) is 19.2 Å². The third-order valence-electron chi connectivity index (χ3n) is 12.0. The van der Waals surface area contributed by atoms with E-state index < -0.39 is 5.91 Å². The molecule has 49 heavy (non-hydrogen) atoms. The number of ether oxygens (including phenoxy) is 1. The zero-order chi connectivity index (χ0) is 35.5. The van der Waals surface area contributed by atoms with Crippen molar-refractivity contribution >= 4 is 23.7 Å². The summed E-state index contributed by atoms with van der Waals surface area (Å²) in [6.45, 7) is 1.42. The highest BCUT2D eigenvalue weighted by atomic mass is 16.5. The van der Waals surface area contributed by atoms with Crippen LogP contribution >= 0.6 is 0 Å². The van der Waals surface area contributed by atoms with E-state index in [1.54, 1.807) is 9.80 Å². The summed E-state index contributed by atoms with van der Waals surface area (Å²) in [4.78, 5) is 64.3. The zero-order valence-electron chi connectivity index (χ0n) is 29.8. The third-order valence-corrected chi connectivity index (χ3v) is 12.0. The Bertz CT molecular complexity index is 1480. The normalized spacial score (nSPS) is 29.9. The summed E-state index contributed by atoms with van der Waals surface area (Å²) in [5.74, 6) is -0.658. The number of methoxy groups -OCH3 is 1. The molecule has 4 heterocycles. The molecular formula is C37H53N7O5. The maximum Gasteiger partial charge on any atom is 0.325 e. The van der Waals surface area contributed by atoms with Crippen LogP contribution < -0.4 is 5.73 Å². The summed E-state index contributed by atoms with van der Waals surface area (Å²) in [5.41, 5.74) is 7.28. The average Bonchev–Trinajstić information content (AvgIpc) is 3.55. The Morgan fingerprint density at radius 1 is 0.714 bits per heavy atom. The van der Waals surface area contributed by atoms with Gasteiger partial charge in [0.25, 0.3) is 0 Å². The number of likely N-dealkylation sites (tertiary alicyclic amines) is 2. The van der Waals surface area contributed by atoms with Crippen LogP contribution in [0.5, 0.6) is 0 Å². The fourth-order valence-electron chi connectivity index (χ4n) is 8.86. The van der Waals surface area contributed by atoms with Crippen molar-refractivity contribution in [2.45, 2.75) is 75.3 Å². The van der Waals surface area contributed by atoms with Gasteiger partial charge in [-0.2, -0.15) is 0 Å². The van der Waals surface area contributed by atoms with Crippen LogP contribution in [-0.4, -0.2) is 115 Å². The Labute approximate surface area is 290 Å². The van der Waals surface area contributed by atoms with Gasteiger partial charge in [-0.3, -0.25) is 38.9 Å². The summed E-state index contributed by atoms with van der Waals surface area (Å²) in [5, 5.41) is 0. The molecule has 2 aromatic heterocycles. The molecule has 4 fully saturated rings. The van der Waals surface area contributed by atoms with Gasteiger partial charge in [-0.1, -0.05) is 12.1 Å². The molecule has 4 aliphatic rings. The van der Waals surface area contributed by atoms with Gasteiger partial charge in [0, 0.05) is 38.3 Å². The molecule has 2 saturated carbocycles. The van der Waals surface area contributed by atoms with Crippen molar-refractivity contribution in [2.24, 2.45) is 16.6 Å². The summed E-state index contributed by atoms with van der Waals surface area (Å²) in [6, 6.07) is 12.1. The minimum Gasteiger partial charge on any atom is -0.468 e. The van der Waals surface area contributed by atoms with Crippen LogP contribution in [0.15, 0.2) is 48.8 Å². The quantitative estimate of drug-likeness (QED) is 0.418. The van der Waals surface area contributed by atoms with Crippen molar-refractivity contribution in [1.29, 1.82) is 0 Å². The monoisotopic (exact) mass is 675 g/mol. The smallest absolute Gasteiger partial charge is 0.325 e. The SMILES string of the molecule is CN(C)C1(c2ccccn2)CCC2(CC1)CC(=O)N(CC(N)=O)C2.COC(=O)CN1CC2(CCC(c3ccccn3)(N(C)C)CC2)CC1=O. The molecule has 0 radical (unpaired) electrons. The molecule has 2 aliphatic carbocycles. The lowest BCUT2D eigenvalue weighted by Gasteiger charge is -2.48. The number of pyridine rings is 2. The standard InChI is InChI=1S/C19H27N3O3.C18H26N4O2/c1-21(2)19(15-6-4-5-11-20-15)9-7-18(8-10-19)12-16(23)22(14-18)13-17(24)25-3;1-21(2)18(14-5-3-4-10-20-14)8-6-17(7-9-18)11-16(24)22(13-17)12-15(19)23/h4-6,11H,7-10,12-14H2,1-3H3;3-5,10H,6-9,11-13H2,1-2H3,(H2,19,23). The molecule has 0 aromatic carbocycles. The first kappa shape index (κ1) is 36.4. The highest BCUT2D eigenvalue weighted by Gasteiger charge is 2.52. The molecule has 2 aromatic rings. The van der Waals surface area contributed by atoms with Crippen molar-refractivity contribution in [3.05, 3.63) is 60.2 Å². The van der Waals surface area contributed by atoms with Crippen LogP contribution in [0.1, 0.15) is 75.6 Å². The molecular weight excluding hydrogens is 622 g/mol. The van der Waals surface area contributed by atoms with Crippen molar-refractivity contribution < 1.29 is 23.9 Å². The van der Waals surface area contributed by atoms with E-state index in [1.165, 1.54) is 7.11 Å². The Morgan fingerprint density at radius 2 is 1.12 bits per heavy atom. The molecule has 0 bridgehead atoms. The molecule has 12 nitrogen and oxygen atoms in total. The van der Waals surface area contributed by atoms with Crippen molar-refractivity contribution in [3.63, 3.8) is 0 Å². The largest absolute Gasteiger partial charge is 0.468 e. The fraction of sp³-hybridized carbons (Fsp3) is 0.622. The predicted molar refractivity (Wildman–Crippen MR) is 185 cm³/mol. The molecule has 3 amide bonds. The van der Waals surface area contributed by atoms with Crippen LogP contribution in [0.25, 0.3) is 0 Å². The van der Waals surface area contributed by atoms with Crippen LogP contribution in [-0.2, 0) is 35.0 Å². The van der Waals surface area contributed by atoms with E-state index in [4.69, 9.17) is 10.5 Å². The number of nitrogens with zero attached hydrogens (tertiary/aromatic N) is 6. The van der Waals surface area contributed by atoms with Gasteiger partial charge in [0.2, 0.25) is 17.7 Å². The second-order valence-electron chi connectivity index (χ2n) is 15.2. The minimum absolute atomic E-state index is 0.0131. The zero-order valence-corrected chi connectivity index (χ0v) is 29.8. The Kier molecular flexibility index (Phi) is 10.8. The van der Waals surface area contributed by atoms with E-state index in [0.29, 0.717) is 25.9 Å². The van der Waals surface area contributed by atoms with E-state index in [2.05, 4.69) is 60.1 Å².